The summed E-state index contributed by atoms with van der Waals surface area (Å²) in [4.78, 5) is 23.7. The van der Waals surface area contributed by atoms with Gasteiger partial charge in [0.25, 0.3) is 0 Å². The van der Waals surface area contributed by atoms with E-state index in [1.165, 1.54) is 0 Å². The topological polar surface area (TPSA) is 68.5 Å². The smallest absolute Gasteiger partial charge is 0.352 e. The lowest BCUT2D eigenvalue weighted by molar-refractivity contribution is 0.0524. The zero-order valence-corrected chi connectivity index (χ0v) is 13.2. The van der Waals surface area contributed by atoms with Gasteiger partial charge in [0, 0.05) is 17.4 Å². The summed E-state index contributed by atoms with van der Waals surface area (Å²) in [6.45, 7) is 2.33. The van der Waals surface area contributed by atoms with E-state index in [-0.39, 0.29) is 12.2 Å². The standard InChI is InChI=1S/C19H17NO4/c1-2-24-19(23)15-9-5-3-8-14(15)12-20-16-10-6-4-7-13(16)11-17(20)18(21)22/h3-11H,2,12H2,1H3,(H,21,22). The van der Waals surface area contributed by atoms with Crippen LogP contribution in [0, 0.1) is 0 Å². The summed E-state index contributed by atoms with van der Waals surface area (Å²) in [5, 5.41) is 10.3. The maximum atomic E-state index is 12.1. The Morgan fingerprint density at radius 1 is 1.08 bits per heavy atom. The monoisotopic (exact) mass is 323 g/mol. The summed E-state index contributed by atoms with van der Waals surface area (Å²) in [6.07, 6.45) is 0. The number of benzene rings is 2. The van der Waals surface area contributed by atoms with E-state index in [1.54, 1.807) is 29.7 Å². The van der Waals surface area contributed by atoms with Crippen molar-refractivity contribution in [1.82, 2.24) is 4.57 Å². The molecule has 24 heavy (non-hydrogen) atoms. The Bertz CT molecular complexity index is 911. The van der Waals surface area contributed by atoms with Crippen LogP contribution in [0.1, 0.15) is 33.3 Å². The lowest BCUT2D eigenvalue weighted by Crippen LogP contribution is -2.13. The molecule has 0 amide bonds. The largest absolute Gasteiger partial charge is 0.477 e. The fraction of sp³-hybridized carbons (Fsp3) is 0.158. The van der Waals surface area contributed by atoms with Crippen molar-refractivity contribution in [2.24, 2.45) is 0 Å². The molecule has 0 unspecified atom stereocenters. The second kappa shape index (κ2) is 6.58. The van der Waals surface area contributed by atoms with Crippen LogP contribution in [0.5, 0.6) is 0 Å². The summed E-state index contributed by atoms with van der Waals surface area (Å²) < 4.78 is 6.79. The minimum absolute atomic E-state index is 0.190. The molecule has 1 aromatic heterocycles. The average Bonchev–Trinajstić information content (AvgIpc) is 2.95. The number of hydrogen-bond donors (Lipinski definition) is 1. The van der Waals surface area contributed by atoms with Crippen molar-refractivity contribution in [3.8, 4) is 0 Å². The number of carbonyl (C=O) groups excluding carboxylic acids is 1. The molecule has 122 valence electrons. The molecule has 3 rings (SSSR count). The molecule has 0 radical (unpaired) electrons. The maximum absolute atomic E-state index is 12.1. The zero-order chi connectivity index (χ0) is 17.1. The van der Waals surface area contributed by atoms with Crippen molar-refractivity contribution in [3.63, 3.8) is 0 Å². The van der Waals surface area contributed by atoms with Gasteiger partial charge in [-0.1, -0.05) is 36.4 Å². The minimum Gasteiger partial charge on any atom is -0.477 e. The molecule has 0 spiro atoms. The molecule has 1 N–H and O–H groups in total. The summed E-state index contributed by atoms with van der Waals surface area (Å²) in [7, 11) is 0. The Kier molecular flexibility index (Phi) is 4.33. The Morgan fingerprint density at radius 3 is 2.54 bits per heavy atom. The molecule has 0 bridgehead atoms. The normalized spacial score (nSPS) is 10.7. The van der Waals surface area contributed by atoms with Gasteiger partial charge in [0.15, 0.2) is 0 Å². The molecular weight excluding hydrogens is 306 g/mol. The summed E-state index contributed by atoms with van der Waals surface area (Å²) in [5.74, 6) is -1.40. The first-order chi connectivity index (χ1) is 11.6. The van der Waals surface area contributed by atoms with Gasteiger partial charge < -0.3 is 14.4 Å². The number of ether oxygens (including phenoxy) is 1. The molecule has 1 heterocycles. The highest BCUT2D eigenvalue weighted by atomic mass is 16.5. The van der Waals surface area contributed by atoms with E-state index in [9.17, 15) is 14.7 Å². The van der Waals surface area contributed by atoms with Crippen LogP contribution in [0.4, 0.5) is 0 Å². The average molecular weight is 323 g/mol. The molecule has 0 aliphatic carbocycles. The third kappa shape index (κ3) is 2.88. The van der Waals surface area contributed by atoms with Gasteiger partial charge >= 0.3 is 11.9 Å². The fourth-order valence-electron chi connectivity index (χ4n) is 2.79. The van der Waals surface area contributed by atoms with E-state index in [4.69, 9.17) is 4.74 Å². The molecule has 0 fully saturated rings. The van der Waals surface area contributed by atoms with Gasteiger partial charge in [0.2, 0.25) is 0 Å². The highest BCUT2D eigenvalue weighted by Gasteiger charge is 2.17. The van der Waals surface area contributed by atoms with Crippen LogP contribution >= 0.6 is 0 Å². The quantitative estimate of drug-likeness (QED) is 0.729. The Hall–Kier alpha value is -3.08. The van der Waals surface area contributed by atoms with Gasteiger partial charge in [-0.2, -0.15) is 0 Å². The number of fused-ring (bicyclic) bond motifs is 1. The van der Waals surface area contributed by atoms with Gasteiger partial charge in [-0.25, -0.2) is 9.59 Å². The number of nitrogens with zero attached hydrogens (tertiary/aromatic N) is 1. The number of aromatic nitrogens is 1. The second-order valence-electron chi connectivity index (χ2n) is 5.36. The van der Waals surface area contributed by atoms with Crippen LogP contribution in [-0.4, -0.2) is 28.2 Å². The molecular formula is C19H17NO4. The van der Waals surface area contributed by atoms with Crippen molar-refractivity contribution in [3.05, 3.63) is 71.4 Å². The van der Waals surface area contributed by atoms with Crippen molar-refractivity contribution in [2.45, 2.75) is 13.5 Å². The number of rotatable bonds is 5. The molecule has 5 nitrogen and oxygen atoms in total. The second-order valence-corrected chi connectivity index (χ2v) is 5.36. The van der Waals surface area contributed by atoms with Gasteiger partial charge in [0.05, 0.1) is 12.2 Å². The van der Waals surface area contributed by atoms with E-state index in [2.05, 4.69) is 0 Å². The Morgan fingerprint density at radius 2 is 1.79 bits per heavy atom. The molecule has 0 aliphatic rings. The summed E-state index contributed by atoms with van der Waals surface area (Å²) in [5.41, 5.74) is 2.18. The molecule has 2 aromatic carbocycles. The van der Waals surface area contributed by atoms with Crippen LogP contribution in [0.25, 0.3) is 10.9 Å². The molecule has 3 aromatic rings. The molecule has 0 atom stereocenters. The van der Waals surface area contributed by atoms with Crippen LogP contribution < -0.4 is 0 Å². The van der Waals surface area contributed by atoms with E-state index < -0.39 is 11.9 Å². The van der Waals surface area contributed by atoms with Gasteiger partial charge in [-0.3, -0.25) is 0 Å². The van der Waals surface area contributed by atoms with Gasteiger partial charge in [0.1, 0.15) is 5.69 Å². The molecule has 5 heteroatoms. The van der Waals surface area contributed by atoms with Gasteiger partial charge in [-0.15, -0.1) is 0 Å². The number of aromatic carboxylic acids is 1. The number of carbonyl (C=O) groups is 2. The third-order valence-corrected chi connectivity index (χ3v) is 3.87. The maximum Gasteiger partial charge on any atom is 0.352 e. The lowest BCUT2D eigenvalue weighted by Gasteiger charge is -2.12. The van der Waals surface area contributed by atoms with Crippen molar-refractivity contribution < 1.29 is 19.4 Å². The number of hydrogen-bond acceptors (Lipinski definition) is 3. The first kappa shape index (κ1) is 15.8. The number of carboxylic acid groups (broad SMARTS) is 1. The predicted octanol–water partition coefficient (Wildman–Crippen LogP) is 3.56. The lowest BCUT2D eigenvalue weighted by atomic mass is 10.1. The summed E-state index contributed by atoms with van der Waals surface area (Å²) in [6, 6.07) is 16.2. The zero-order valence-electron chi connectivity index (χ0n) is 13.2. The van der Waals surface area contributed by atoms with Crippen LogP contribution in [0.15, 0.2) is 54.6 Å². The number of esters is 1. The Labute approximate surface area is 139 Å². The van der Waals surface area contributed by atoms with E-state index in [0.717, 1.165) is 16.5 Å². The molecule has 0 saturated heterocycles. The third-order valence-electron chi connectivity index (χ3n) is 3.87. The van der Waals surface area contributed by atoms with Gasteiger partial charge in [-0.05, 0) is 30.7 Å². The van der Waals surface area contributed by atoms with Crippen LogP contribution in [0.3, 0.4) is 0 Å². The number of para-hydroxylation sites is 1. The first-order valence-electron chi connectivity index (χ1n) is 7.68. The SMILES string of the molecule is CCOC(=O)c1ccccc1Cn1c(C(=O)O)cc2ccccc21. The Balaban J connectivity index is 2.09. The minimum atomic E-state index is -1.00. The van der Waals surface area contributed by atoms with Crippen molar-refractivity contribution in [1.29, 1.82) is 0 Å². The van der Waals surface area contributed by atoms with Crippen LogP contribution in [0.2, 0.25) is 0 Å². The summed E-state index contributed by atoms with van der Waals surface area (Å²) >= 11 is 0. The van der Waals surface area contributed by atoms with Crippen LogP contribution in [-0.2, 0) is 11.3 Å². The fourth-order valence-corrected chi connectivity index (χ4v) is 2.79. The molecule has 0 aliphatic heterocycles. The predicted molar refractivity (Wildman–Crippen MR) is 90.4 cm³/mol. The highest BCUT2D eigenvalue weighted by molar-refractivity contribution is 5.95. The van der Waals surface area contributed by atoms with E-state index in [1.807, 2.05) is 36.4 Å². The molecule has 0 saturated carbocycles. The van der Waals surface area contributed by atoms with E-state index >= 15 is 0 Å². The van der Waals surface area contributed by atoms with Crippen molar-refractivity contribution >= 4 is 22.8 Å². The highest BCUT2D eigenvalue weighted by Crippen LogP contribution is 2.22. The van der Waals surface area contributed by atoms with Crippen molar-refractivity contribution in [2.75, 3.05) is 6.61 Å². The number of carboxylic acids is 1. The first-order valence-corrected chi connectivity index (χ1v) is 7.68. The van der Waals surface area contributed by atoms with E-state index in [0.29, 0.717) is 12.2 Å².